The average molecular weight is 291 g/mol. The van der Waals surface area contributed by atoms with Gasteiger partial charge in [-0.05, 0) is 12.0 Å². The second-order valence-electron chi connectivity index (χ2n) is 4.58. The molecule has 2 aromatic rings. The van der Waals surface area contributed by atoms with E-state index in [9.17, 15) is 0 Å². The Balaban J connectivity index is 1.99. The van der Waals surface area contributed by atoms with E-state index in [0.29, 0.717) is 12.5 Å². The Kier molecular flexibility index (Phi) is 6.11. The van der Waals surface area contributed by atoms with Crippen LogP contribution in [-0.2, 0) is 11.3 Å². The minimum Gasteiger partial charge on any atom is -0.383 e. The molecule has 0 saturated carbocycles. The molecule has 1 unspecified atom stereocenters. The van der Waals surface area contributed by atoms with Gasteiger partial charge >= 0.3 is 0 Å². The molecular weight excluding hydrogens is 270 g/mol. The van der Waals surface area contributed by atoms with Gasteiger partial charge in [0.25, 0.3) is 0 Å². The van der Waals surface area contributed by atoms with E-state index in [1.54, 1.807) is 18.4 Å². The van der Waals surface area contributed by atoms with Gasteiger partial charge in [-0.25, -0.2) is 0 Å². The van der Waals surface area contributed by atoms with Crippen molar-refractivity contribution in [2.24, 2.45) is 0 Å². The summed E-state index contributed by atoms with van der Waals surface area (Å²) < 4.78 is 5.00. The zero-order valence-corrected chi connectivity index (χ0v) is 12.8. The van der Waals surface area contributed by atoms with Crippen LogP contribution >= 0.6 is 11.3 Å². The highest BCUT2D eigenvalue weighted by Crippen LogP contribution is 2.29. The van der Waals surface area contributed by atoms with Crippen molar-refractivity contribution in [2.75, 3.05) is 20.3 Å². The molecule has 1 N–H and O–H groups in total. The maximum Gasteiger partial charge on any atom is 0.131 e. The Hall–Kier alpha value is -1.30. The van der Waals surface area contributed by atoms with E-state index in [4.69, 9.17) is 4.74 Å². The predicted octanol–water partition coefficient (Wildman–Crippen LogP) is 2.82. The van der Waals surface area contributed by atoms with Crippen molar-refractivity contribution in [3.63, 3.8) is 0 Å². The molecule has 5 heteroatoms. The Morgan fingerprint density at radius 3 is 2.75 bits per heavy atom. The van der Waals surface area contributed by atoms with Crippen LogP contribution in [0.1, 0.15) is 34.8 Å². The molecule has 0 aliphatic heterocycles. The van der Waals surface area contributed by atoms with Crippen LogP contribution in [0, 0.1) is 0 Å². The van der Waals surface area contributed by atoms with Crippen molar-refractivity contribution in [3.8, 4) is 0 Å². The average Bonchev–Trinajstić information content (AvgIpc) is 2.94. The van der Waals surface area contributed by atoms with Gasteiger partial charge in [0.1, 0.15) is 10.0 Å². The molecule has 0 aliphatic rings. The fourth-order valence-corrected chi connectivity index (χ4v) is 3.11. The molecule has 2 rings (SSSR count). The van der Waals surface area contributed by atoms with E-state index >= 15 is 0 Å². The predicted molar refractivity (Wildman–Crippen MR) is 82.1 cm³/mol. The first-order chi connectivity index (χ1) is 9.85. The third-order valence-corrected chi connectivity index (χ3v) is 4.19. The standard InChI is InChI=1S/C15H21N3OS/c1-3-13(12-7-5-4-6-8-12)15-18-17-14(20-15)11-16-9-10-19-2/h4-8,13,16H,3,9-11H2,1-2H3. The molecule has 1 aromatic heterocycles. The lowest BCUT2D eigenvalue weighted by molar-refractivity contribution is 0.199. The summed E-state index contributed by atoms with van der Waals surface area (Å²) in [6.07, 6.45) is 1.04. The van der Waals surface area contributed by atoms with E-state index in [1.807, 2.05) is 6.07 Å². The van der Waals surface area contributed by atoms with E-state index in [0.717, 1.165) is 29.5 Å². The summed E-state index contributed by atoms with van der Waals surface area (Å²) in [5.74, 6) is 0.349. The zero-order chi connectivity index (χ0) is 14.2. The van der Waals surface area contributed by atoms with Gasteiger partial charge in [-0.3, -0.25) is 0 Å². The normalized spacial score (nSPS) is 12.5. The molecule has 108 valence electrons. The van der Waals surface area contributed by atoms with Crippen LogP contribution in [0.4, 0.5) is 0 Å². The van der Waals surface area contributed by atoms with Crippen LogP contribution in [-0.4, -0.2) is 30.5 Å². The maximum atomic E-state index is 5.00. The van der Waals surface area contributed by atoms with Crippen molar-refractivity contribution < 1.29 is 4.74 Å². The van der Waals surface area contributed by atoms with Crippen molar-refractivity contribution in [3.05, 3.63) is 45.9 Å². The minimum absolute atomic E-state index is 0.349. The summed E-state index contributed by atoms with van der Waals surface area (Å²) in [5, 5.41) is 14.1. The van der Waals surface area contributed by atoms with E-state index in [-0.39, 0.29) is 0 Å². The molecule has 0 aliphatic carbocycles. The highest BCUT2D eigenvalue weighted by molar-refractivity contribution is 7.11. The summed E-state index contributed by atoms with van der Waals surface area (Å²) in [4.78, 5) is 0. The molecule has 1 heterocycles. The fraction of sp³-hybridized carbons (Fsp3) is 0.467. The van der Waals surface area contributed by atoms with Crippen LogP contribution in [0.15, 0.2) is 30.3 Å². The van der Waals surface area contributed by atoms with E-state index in [2.05, 4.69) is 46.7 Å². The molecule has 1 atom stereocenters. The van der Waals surface area contributed by atoms with Gasteiger partial charge in [0.2, 0.25) is 0 Å². The van der Waals surface area contributed by atoms with Crippen molar-refractivity contribution in [2.45, 2.75) is 25.8 Å². The first-order valence-corrected chi connectivity index (χ1v) is 7.73. The molecule has 0 radical (unpaired) electrons. The molecule has 20 heavy (non-hydrogen) atoms. The smallest absolute Gasteiger partial charge is 0.131 e. The lowest BCUT2D eigenvalue weighted by Gasteiger charge is -2.11. The number of aromatic nitrogens is 2. The van der Waals surface area contributed by atoms with Gasteiger partial charge in [-0.15, -0.1) is 10.2 Å². The first-order valence-electron chi connectivity index (χ1n) is 6.92. The molecule has 0 saturated heterocycles. The van der Waals surface area contributed by atoms with Crippen LogP contribution in [0.2, 0.25) is 0 Å². The molecule has 0 amide bonds. The van der Waals surface area contributed by atoms with Crippen LogP contribution < -0.4 is 5.32 Å². The lowest BCUT2D eigenvalue weighted by atomic mass is 9.97. The quantitative estimate of drug-likeness (QED) is 0.760. The maximum absolute atomic E-state index is 5.00. The number of ether oxygens (including phenoxy) is 1. The number of hydrogen-bond donors (Lipinski definition) is 1. The molecule has 1 aromatic carbocycles. The highest BCUT2D eigenvalue weighted by atomic mass is 32.1. The van der Waals surface area contributed by atoms with Crippen LogP contribution in [0.5, 0.6) is 0 Å². The first kappa shape index (κ1) is 15.1. The number of methoxy groups -OCH3 is 1. The third kappa shape index (κ3) is 4.10. The number of nitrogens with one attached hydrogen (secondary N) is 1. The Labute approximate surface area is 124 Å². The number of nitrogens with zero attached hydrogens (tertiary/aromatic N) is 2. The Morgan fingerprint density at radius 2 is 2.05 bits per heavy atom. The van der Waals surface area contributed by atoms with Crippen LogP contribution in [0.3, 0.4) is 0 Å². The van der Waals surface area contributed by atoms with Gasteiger partial charge in [0, 0.05) is 26.1 Å². The topological polar surface area (TPSA) is 47.0 Å². The van der Waals surface area contributed by atoms with Crippen molar-refractivity contribution in [1.82, 2.24) is 15.5 Å². The zero-order valence-electron chi connectivity index (χ0n) is 12.0. The van der Waals surface area contributed by atoms with Crippen molar-refractivity contribution >= 4 is 11.3 Å². The summed E-state index contributed by atoms with van der Waals surface area (Å²) in [6, 6.07) is 10.5. The van der Waals surface area contributed by atoms with Gasteiger partial charge in [-0.1, -0.05) is 48.6 Å². The van der Waals surface area contributed by atoms with E-state index in [1.165, 1.54) is 5.56 Å². The summed E-state index contributed by atoms with van der Waals surface area (Å²) >= 11 is 1.69. The molecule has 4 nitrogen and oxygen atoms in total. The van der Waals surface area contributed by atoms with Crippen molar-refractivity contribution in [1.29, 1.82) is 0 Å². The van der Waals surface area contributed by atoms with Gasteiger partial charge in [0.15, 0.2) is 0 Å². The SMILES string of the molecule is CCC(c1ccccc1)c1nnc(CNCCOC)s1. The largest absolute Gasteiger partial charge is 0.383 e. The molecular formula is C15H21N3OS. The number of rotatable bonds is 8. The Bertz CT molecular complexity index is 501. The lowest BCUT2D eigenvalue weighted by Crippen LogP contribution is -2.18. The number of hydrogen-bond acceptors (Lipinski definition) is 5. The monoisotopic (exact) mass is 291 g/mol. The summed E-state index contributed by atoms with van der Waals surface area (Å²) in [6.45, 7) is 4.50. The minimum atomic E-state index is 0.349. The molecule has 0 spiro atoms. The van der Waals surface area contributed by atoms with Gasteiger partial charge in [-0.2, -0.15) is 0 Å². The highest BCUT2D eigenvalue weighted by Gasteiger charge is 2.16. The number of benzene rings is 1. The van der Waals surface area contributed by atoms with Gasteiger partial charge in [0.05, 0.1) is 6.61 Å². The second kappa shape index (κ2) is 8.09. The fourth-order valence-electron chi connectivity index (χ4n) is 2.09. The second-order valence-corrected chi connectivity index (χ2v) is 5.67. The summed E-state index contributed by atoms with van der Waals surface area (Å²) in [5.41, 5.74) is 1.31. The van der Waals surface area contributed by atoms with Crippen LogP contribution in [0.25, 0.3) is 0 Å². The summed E-state index contributed by atoms with van der Waals surface area (Å²) in [7, 11) is 1.70. The van der Waals surface area contributed by atoms with E-state index < -0.39 is 0 Å². The van der Waals surface area contributed by atoms with Gasteiger partial charge < -0.3 is 10.1 Å². The molecule has 0 bridgehead atoms. The third-order valence-electron chi connectivity index (χ3n) is 3.15. The molecule has 0 fully saturated rings. The Morgan fingerprint density at radius 1 is 1.25 bits per heavy atom.